The first kappa shape index (κ1) is 17.5. The van der Waals surface area contributed by atoms with E-state index in [1.165, 1.54) is 0 Å². The fourth-order valence-electron chi connectivity index (χ4n) is 6.52. The Kier molecular flexibility index (Phi) is 3.26. The number of Topliss-reactive ketones (excluding diaryl/α,β-unsaturated/α-hetero) is 1. The lowest BCUT2D eigenvalue weighted by atomic mass is 9.52. The molecule has 0 bridgehead atoms. The van der Waals surface area contributed by atoms with Gasteiger partial charge in [-0.1, -0.05) is 24.3 Å². The van der Waals surface area contributed by atoms with Crippen molar-refractivity contribution < 1.29 is 23.7 Å². The zero-order valence-electron chi connectivity index (χ0n) is 16.6. The second-order valence-electron chi connectivity index (χ2n) is 8.83. The van der Waals surface area contributed by atoms with Crippen LogP contribution in [0.15, 0.2) is 35.8 Å². The monoisotopic (exact) mass is 373 g/mol. The number of rotatable bonds is 2. The molecule has 146 valence electrons. The Morgan fingerprint density at radius 3 is 2.63 bits per heavy atom. The molecule has 0 aromatic rings. The van der Waals surface area contributed by atoms with Crippen molar-refractivity contribution in [2.75, 3.05) is 27.8 Å². The van der Waals surface area contributed by atoms with Gasteiger partial charge >= 0.3 is 0 Å². The van der Waals surface area contributed by atoms with Crippen molar-refractivity contribution >= 4 is 5.78 Å². The van der Waals surface area contributed by atoms with Gasteiger partial charge in [0.25, 0.3) is 0 Å². The van der Waals surface area contributed by atoms with E-state index in [-0.39, 0.29) is 23.4 Å². The highest BCUT2D eigenvalue weighted by Crippen LogP contribution is 2.72. The number of methoxy groups -OCH3 is 2. The summed E-state index contributed by atoms with van der Waals surface area (Å²) < 4.78 is 23.9. The molecule has 2 heterocycles. The third-order valence-corrected chi connectivity index (χ3v) is 7.47. The summed E-state index contributed by atoms with van der Waals surface area (Å²) in [6.07, 6.45) is 9.81. The molecule has 0 N–H and O–H groups in total. The second-order valence-corrected chi connectivity index (χ2v) is 8.83. The van der Waals surface area contributed by atoms with Gasteiger partial charge in [0.05, 0.1) is 14.2 Å². The maximum atomic E-state index is 13.1. The molecule has 6 nitrogen and oxygen atoms in total. The molecule has 5 rings (SSSR count). The van der Waals surface area contributed by atoms with Gasteiger partial charge < -0.3 is 18.9 Å². The molecule has 3 aliphatic carbocycles. The molecule has 0 unspecified atom stereocenters. The highest BCUT2D eigenvalue weighted by molar-refractivity contribution is 5.97. The second kappa shape index (κ2) is 5.04. The van der Waals surface area contributed by atoms with Crippen molar-refractivity contribution in [2.45, 2.75) is 50.2 Å². The van der Waals surface area contributed by atoms with E-state index < -0.39 is 16.7 Å². The van der Waals surface area contributed by atoms with Gasteiger partial charge in [-0.3, -0.25) is 9.69 Å². The molecule has 0 radical (unpaired) electrons. The number of likely N-dealkylation sites (tertiary alicyclic amines) is 1. The first-order chi connectivity index (χ1) is 12.8. The standard InChI is InChI=1S/C21H27NO5/c1-18(2)26-14-6-7-19(16(14)27-18)8-9-21-17(25-5)15(24-4)13(23)12-20(19,21)10-11-22(21)3/h6-9,14,16H,10-12H2,1-5H3/t14-,16-,19+,20+,21-/m1/s1. The Bertz CT molecular complexity index is 813. The molecule has 6 heteroatoms. The third kappa shape index (κ3) is 1.71. The molecule has 2 fully saturated rings. The van der Waals surface area contributed by atoms with E-state index in [0.717, 1.165) is 13.0 Å². The summed E-state index contributed by atoms with van der Waals surface area (Å²) in [6.45, 7) is 4.78. The van der Waals surface area contributed by atoms with E-state index >= 15 is 0 Å². The van der Waals surface area contributed by atoms with Gasteiger partial charge in [0.2, 0.25) is 11.5 Å². The first-order valence-corrected chi connectivity index (χ1v) is 9.59. The zero-order chi connectivity index (χ0) is 19.2. The van der Waals surface area contributed by atoms with Gasteiger partial charge in [0.15, 0.2) is 11.5 Å². The minimum absolute atomic E-state index is 0.00150. The molecular weight excluding hydrogens is 346 g/mol. The Balaban J connectivity index is 1.73. The van der Waals surface area contributed by atoms with Crippen LogP contribution in [-0.4, -0.2) is 62.0 Å². The van der Waals surface area contributed by atoms with Crippen molar-refractivity contribution in [3.05, 3.63) is 35.8 Å². The summed E-state index contributed by atoms with van der Waals surface area (Å²) in [5.41, 5.74) is -1.30. The number of allylic oxidation sites excluding steroid dienone is 1. The number of nitrogens with zero attached hydrogens (tertiary/aromatic N) is 1. The van der Waals surface area contributed by atoms with Crippen molar-refractivity contribution in [1.82, 2.24) is 4.90 Å². The van der Waals surface area contributed by atoms with Crippen LogP contribution < -0.4 is 0 Å². The quantitative estimate of drug-likeness (QED) is 0.692. The third-order valence-electron chi connectivity index (χ3n) is 7.47. The predicted molar refractivity (Wildman–Crippen MR) is 97.6 cm³/mol. The highest BCUT2D eigenvalue weighted by atomic mass is 16.8. The summed E-state index contributed by atoms with van der Waals surface area (Å²) in [6, 6.07) is 0. The lowest BCUT2D eigenvalue weighted by Gasteiger charge is -2.54. The van der Waals surface area contributed by atoms with Gasteiger partial charge in [-0.25, -0.2) is 0 Å². The van der Waals surface area contributed by atoms with Crippen LogP contribution in [-0.2, 0) is 23.7 Å². The molecule has 5 aliphatic rings. The van der Waals surface area contributed by atoms with E-state index in [0.29, 0.717) is 17.9 Å². The molecule has 2 saturated heterocycles. The van der Waals surface area contributed by atoms with Crippen molar-refractivity contribution in [3.8, 4) is 0 Å². The van der Waals surface area contributed by atoms with Crippen LogP contribution >= 0.6 is 0 Å². The summed E-state index contributed by atoms with van der Waals surface area (Å²) in [4.78, 5) is 15.4. The summed E-state index contributed by atoms with van der Waals surface area (Å²) in [5, 5.41) is 0. The highest BCUT2D eigenvalue weighted by Gasteiger charge is 2.77. The van der Waals surface area contributed by atoms with Crippen LogP contribution in [0.1, 0.15) is 26.7 Å². The maximum Gasteiger partial charge on any atom is 0.202 e. The van der Waals surface area contributed by atoms with Crippen molar-refractivity contribution in [2.24, 2.45) is 10.8 Å². The lowest BCUT2D eigenvalue weighted by Crippen LogP contribution is -2.61. The van der Waals surface area contributed by atoms with Gasteiger partial charge in [-0.2, -0.15) is 0 Å². The van der Waals surface area contributed by atoms with Gasteiger partial charge in [-0.05, 0) is 33.9 Å². The maximum absolute atomic E-state index is 13.1. The number of hydrogen-bond acceptors (Lipinski definition) is 6. The number of ketones is 1. The fraction of sp³-hybridized carbons (Fsp3) is 0.667. The molecule has 0 amide bonds. The SMILES string of the molecule is COC1=C(OC)[C@]23C=C[C@]4(C=C[C@H]5OC(C)(C)O[C@H]54)[C@]2(CCN3C)CC1=O. The summed E-state index contributed by atoms with van der Waals surface area (Å²) in [5.74, 6) is 0.317. The van der Waals surface area contributed by atoms with Crippen LogP contribution in [0.2, 0.25) is 0 Å². The van der Waals surface area contributed by atoms with Crippen LogP contribution in [0, 0.1) is 10.8 Å². The molecule has 2 aliphatic heterocycles. The Morgan fingerprint density at radius 2 is 1.93 bits per heavy atom. The molecule has 0 aromatic carbocycles. The predicted octanol–water partition coefficient (Wildman–Crippen LogP) is 2.17. The summed E-state index contributed by atoms with van der Waals surface area (Å²) >= 11 is 0. The first-order valence-electron chi connectivity index (χ1n) is 9.59. The smallest absolute Gasteiger partial charge is 0.202 e. The summed E-state index contributed by atoms with van der Waals surface area (Å²) in [7, 11) is 5.27. The fourth-order valence-corrected chi connectivity index (χ4v) is 6.52. The average molecular weight is 373 g/mol. The van der Waals surface area contributed by atoms with E-state index in [4.69, 9.17) is 18.9 Å². The number of hydrogen-bond donors (Lipinski definition) is 0. The number of ether oxygens (including phenoxy) is 4. The topological polar surface area (TPSA) is 57.2 Å². The largest absolute Gasteiger partial charge is 0.495 e. The molecule has 5 atom stereocenters. The van der Waals surface area contributed by atoms with E-state index in [1.54, 1.807) is 14.2 Å². The average Bonchev–Trinajstić information content (AvgIpc) is 3.28. The Labute approximate surface area is 159 Å². The Morgan fingerprint density at radius 1 is 1.15 bits per heavy atom. The normalized spacial score (nSPS) is 46.9. The molecule has 0 aromatic heterocycles. The zero-order valence-corrected chi connectivity index (χ0v) is 16.6. The minimum Gasteiger partial charge on any atom is -0.495 e. The Hall–Kier alpha value is -1.63. The van der Waals surface area contributed by atoms with Crippen molar-refractivity contribution in [3.63, 3.8) is 0 Å². The number of fused-ring (bicyclic) bond motifs is 2. The van der Waals surface area contributed by atoms with Crippen LogP contribution in [0.3, 0.4) is 0 Å². The van der Waals surface area contributed by atoms with Gasteiger partial charge in [0.1, 0.15) is 17.7 Å². The minimum atomic E-state index is -0.635. The number of carbonyl (C=O) groups excluding carboxylic acids is 1. The number of likely N-dealkylation sites (N-methyl/N-ethyl adjacent to an activating group) is 1. The van der Waals surface area contributed by atoms with Crippen molar-refractivity contribution in [1.29, 1.82) is 0 Å². The molecular formula is C21H27NO5. The lowest BCUT2D eigenvalue weighted by molar-refractivity contribution is -0.164. The molecule has 1 spiro atoms. The van der Waals surface area contributed by atoms with E-state index in [2.05, 4.69) is 36.3 Å². The van der Waals surface area contributed by atoms with Crippen LogP contribution in [0.4, 0.5) is 0 Å². The van der Waals surface area contributed by atoms with Gasteiger partial charge in [0, 0.05) is 17.3 Å². The molecule has 27 heavy (non-hydrogen) atoms. The molecule has 0 saturated carbocycles. The van der Waals surface area contributed by atoms with E-state index in [1.807, 2.05) is 13.8 Å². The van der Waals surface area contributed by atoms with Crippen LogP contribution in [0.25, 0.3) is 0 Å². The van der Waals surface area contributed by atoms with Gasteiger partial charge in [-0.15, -0.1) is 0 Å². The van der Waals surface area contributed by atoms with E-state index in [9.17, 15) is 4.79 Å². The number of carbonyl (C=O) groups is 1. The van der Waals surface area contributed by atoms with Crippen LogP contribution in [0.5, 0.6) is 0 Å².